The molecule has 13 heteroatoms. The Morgan fingerprint density at radius 2 is 2.03 bits per heavy atom. The molecule has 1 atom stereocenters. The molecular weight excluding hydrogens is 596 g/mol. The number of hydrogen-bond acceptors (Lipinski definition) is 8. The van der Waals surface area contributed by atoms with E-state index in [4.69, 9.17) is 25.9 Å². The summed E-state index contributed by atoms with van der Waals surface area (Å²) >= 11 is 9.64. The lowest BCUT2D eigenvalue weighted by Crippen LogP contribution is -2.23. The number of nitro benzene ring substituents is 1. The number of carboxylic acids is 1. The summed E-state index contributed by atoms with van der Waals surface area (Å²) in [4.78, 5) is 40.1. The van der Waals surface area contributed by atoms with Crippen molar-refractivity contribution in [2.45, 2.75) is 13.0 Å². The van der Waals surface area contributed by atoms with Gasteiger partial charge in [-0.3, -0.25) is 14.9 Å². The maximum atomic E-state index is 13.4. The molecular formula is C26H16BrClN4O7. The van der Waals surface area contributed by atoms with Crippen molar-refractivity contribution in [3.8, 4) is 17.3 Å². The smallest absolute Gasteiger partial charge is 0.344 e. The lowest BCUT2D eigenvalue weighted by atomic mass is 10.2. The molecule has 0 unspecified atom stereocenters. The summed E-state index contributed by atoms with van der Waals surface area (Å²) in [5.74, 6) is -1.33. The highest BCUT2D eigenvalue weighted by Gasteiger charge is 2.25. The zero-order chi connectivity index (χ0) is 27.8. The highest BCUT2D eigenvalue weighted by atomic mass is 79.9. The van der Waals surface area contributed by atoms with Gasteiger partial charge in [0.25, 0.3) is 5.56 Å². The first-order valence-electron chi connectivity index (χ1n) is 11.3. The van der Waals surface area contributed by atoms with E-state index in [9.17, 15) is 19.7 Å². The second-order valence-corrected chi connectivity index (χ2v) is 9.64. The highest BCUT2D eigenvalue weighted by molar-refractivity contribution is 9.10. The summed E-state index contributed by atoms with van der Waals surface area (Å²) in [5, 5.41) is 25.9. The number of halogens is 2. The number of nitrogens with zero attached hydrogens (tertiary/aromatic N) is 4. The van der Waals surface area contributed by atoms with Crippen LogP contribution in [0.25, 0.3) is 33.5 Å². The minimum atomic E-state index is -1.38. The van der Waals surface area contributed by atoms with Crippen LogP contribution in [-0.4, -0.2) is 38.0 Å². The van der Waals surface area contributed by atoms with Crippen molar-refractivity contribution in [3.63, 3.8) is 0 Å². The van der Waals surface area contributed by atoms with Gasteiger partial charge in [0, 0.05) is 21.5 Å². The van der Waals surface area contributed by atoms with Crippen LogP contribution in [0.15, 0.2) is 79.4 Å². The summed E-state index contributed by atoms with van der Waals surface area (Å²) in [6, 6.07) is 16.3. The third kappa shape index (κ3) is 5.11. The van der Waals surface area contributed by atoms with Crippen LogP contribution < -0.4 is 10.3 Å². The Hall–Kier alpha value is -4.55. The standard InChI is InChI=1S/C26H16BrClN4O7/c1-13(26(34)35)38-23-18(28)8-14(9-20(23)32(36)37)12-29-31-24(30-19-5-3-2-4-17(19)25(31)33)22-11-15-10-16(27)6-7-21(15)39-22/h2-13H,1H3,(H,34,35)/t13-/m1/s1. The van der Waals surface area contributed by atoms with Crippen LogP contribution in [0.1, 0.15) is 12.5 Å². The summed E-state index contributed by atoms with van der Waals surface area (Å²) in [7, 11) is 0. The molecule has 5 aromatic rings. The number of carboxylic acid groups (broad SMARTS) is 1. The monoisotopic (exact) mass is 610 g/mol. The predicted molar refractivity (Wildman–Crippen MR) is 148 cm³/mol. The number of fused-ring (bicyclic) bond motifs is 2. The average molecular weight is 612 g/mol. The van der Waals surface area contributed by atoms with Crippen LogP contribution in [0, 0.1) is 10.1 Å². The molecule has 0 aliphatic rings. The predicted octanol–water partition coefficient (Wildman–Crippen LogP) is 5.87. The van der Waals surface area contributed by atoms with E-state index < -0.39 is 34.0 Å². The van der Waals surface area contributed by atoms with E-state index >= 15 is 0 Å². The summed E-state index contributed by atoms with van der Waals surface area (Å²) in [5.41, 5.74) is 0.0908. The molecule has 0 radical (unpaired) electrons. The van der Waals surface area contributed by atoms with Gasteiger partial charge in [0.05, 0.1) is 27.1 Å². The number of rotatable bonds is 7. The van der Waals surface area contributed by atoms with Crippen LogP contribution in [0.5, 0.6) is 5.75 Å². The van der Waals surface area contributed by atoms with Crippen LogP contribution in [0.3, 0.4) is 0 Å². The SMILES string of the molecule is C[C@@H](Oc1c(Cl)cc(C=Nn2c(-c3cc4cc(Br)ccc4o3)nc3ccccc3c2=O)cc1[N+](=O)[O-])C(=O)O. The zero-order valence-electron chi connectivity index (χ0n) is 19.9. The molecule has 0 saturated carbocycles. The minimum absolute atomic E-state index is 0.109. The van der Waals surface area contributed by atoms with Crippen LogP contribution >= 0.6 is 27.5 Å². The van der Waals surface area contributed by atoms with E-state index in [2.05, 4.69) is 26.0 Å². The van der Waals surface area contributed by atoms with Crippen LogP contribution in [0.2, 0.25) is 5.02 Å². The van der Waals surface area contributed by atoms with Crippen LogP contribution in [-0.2, 0) is 4.79 Å². The first-order chi connectivity index (χ1) is 18.6. The number of para-hydroxylation sites is 1. The number of aromatic nitrogens is 2. The van der Waals surface area contributed by atoms with Gasteiger partial charge in [-0.1, -0.05) is 39.7 Å². The van der Waals surface area contributed by atoms with E-state index in [0.29, 0.717) is 16.5 Å². The van der Waals surface area contributed by atoms with Crippen molar-refractivity contribution in [3.05, 3.63) is 96.2 Å². The Balaban J connectivity index is 1.65. The molecule has 2 aromatic heterocycles. The van der Waals surface area contributed by atoms with E-state index in [1.807, 2.05) is 12.1 Å². The molecule has 2 heterocycles. The van der Waals surface area contributed by atoms with Crippen molar-refractivity contribution >= 4 is 67.3 Å². The zero-order valence-corrected chi connectivity index (χ0v) is 22.2. The topological polar surface area (TPSA) is 150 Å². The molecule has 0 bridgehead atoms. The highest BCUT2D eigenvalue weighted by Crippen LogP contribution is 2.37. The summed E-state index contributed by atoms with van der Waals surface area (Å²) in [6.07, 6.45) is -0.181. The Morgan fingerprint density at radius 3 is 2.77 bits per heavy atom. The van der Waals surface area contributed by atoms with Crippen LogP contribution in [0.4, 0.5) is 5.69 Å². The van der Waals surface area contributed by atoms with Gasteiger partial charge in [-0.05, 0) is 49.4 Å². The largest absolute Gasteiger partial charge is 0.479 e. The lowest BCUT2D eigenvalue weighted by Gasteiger charge is -2.12. The molecule has 0 amide bonds. The first-order valence-corrected chi connectivity index (χ1v) is 12.4. The van der Waals surface area contributed by atoms with Crippen molar-refractivity contribution in [2.75, 3.05) is 0 Å². The van der Waals surface area contributed by atoms with Crippen molar-refractivity contribution in [2.24, 2.45) is 5.10 Å². The first kappa shape index (κ1) is 26.1. The molecule has 0 aliphatic heterocycles. The molecule has 11 nitrogen and oxygen atoms in total. The van der Waals surface area contributed by atoms with Gasteiger partial charge in [-0.15, -0.1) is 0 Å². The molecule has 1 N–H and O–H groups in total. The second-order valence-electron chi connectivity index (χ2n) is 8.31. The number of aliphatic carboxylic acids is 1. The number of benzene rings is 3. The van der Waals surface area contributed by atoms with Gasteiger partial charge in [0.15, 0.2) is 11.9 Å². The van der Waals surface area contributed by atoms with Crippen molar-refractivity contribution in [1.82, 2.24) is 9.66 Å². The van der Waals surface area contributed by atoms with E-state index in [0.717, 1.165) is 20.6 Å². The van der Waals surface area contributed by atoms with Gasteiger partial charge in [0.2, 0.25) is 11.6 Å². The maximum absolute atomic E-state index is 13.4. The number of nitro groups is 1. The van der Waals surface area contributed by atoms with Gasteiger partial charge in [0.1, 0.15) is 5.58 Å². The van der Waals surface area contributed by atoms with Gasteiger partial charge < -0.3 is 14.3 Å². The third-order valence-electron chi connectivity index (χ3n) is 5.66. The van der Waals surface area contributed by atoms with E-state index in [1.54, 1.807) is 36.4 Å². The van der Waals surface area contributed by atoms with Gasteiger partial charge in [-0.25, -0.2) is 9.78 Å². The van der Waals surface area contributed by atoms with Gasteiger partial charge in [-0.2, -0.15) is 9.78 Å². The van der Waals surface area contributed by atoms with E-state index in [1.165, 1.54) is 19.2 Å². The minimum Gasteiger partial charge on any atom is -0.479 e. The molecule has 0 aliphatic carbocycles. The molecule has 0 spiro atoms. The molecule has 0 saturated heterocycles. The normalized spacial score (nSPS) is 12.3. The number of carbonyl (C=O) groups is 1. The summed E-state index contributed by atoms with van der Waals surface area (Å²) < 4.78 is 13.0. The Bertz CT molecular complexity index is 1880. The molecule has 196 valence electrons. The quantitative estimate of drug-likeness (QED) is 0.136. The molecule has 3 aromatic carbocycles. The Labute approximate surface area is 232 Å². The van der Waals surface area contributed by atoms with Crippen molar-refractivity contribution in [1.29, 1.82) is 0 Å². The fourth-order valence-corrected chi connectivity index (χ4v) is 4.44. The summed E-state index contributed by atoms with van der Waals surface area (Å²) in [6.45, 7) is 1.22. The number of furan rings is 1. The number of hydrogen-bond donors (Lipinski definition) is 1. The molecule has 5 rings (SSSR count). The van der Waals surface area contributed by atoms with Crippen molar-refractivity contribution < 1.29 is 24.0 Å². The van der Waals surface area contributed by atoms with E-state index in [-0.39, 0.29) is 22.2 Å². The third-order valence-corrected chi connectivity index (χ3v) is 6.43. The lowest BCUT2D eigenvalue weighted by molar-refractivity contribution is -0.386. The Kier molecular flexibility index (Phi) is 6.89. The van der Waals surface area contributed by atoms with Gasteiger partial charge >= 0.3 is 11.7 Å². The fourth-order valence-electron chi connectivity index (χ4n) is 3.79. The molecule has 39 heavy (non-hydrogen) atoms. The number of ether oxygens (including phenoxy) is 1. The molecule has 0 fully saturated rings. The Morgan fingerprint density at radius 1 is 1.26 bits per heavy atom. The maximum Gasteiger partial charge on any atom is 0.344 e. The second kappa shape index (κ2) is 10.3. The average Bonchev–Trinajstić information content (AvgIpc) is 3.32. The fraction of sp³-hybridized carbons (Fsp3) is 0.0769.